The molecule has 1 atom stereocenters. The number of nitrogens with one attached hydrogen (secondary N) is 1. The largest absolute Gasteiger partial charge is 0.363 e. The Kier molecular flexibility index (Phi) is 4.27. The van der Waals surface area contributed by atoms with E-state index in [9.17, 15) is 4.79 Å². The zero-order valence-electron chi connectivity index (χ0n) is 12.7. The van der Waals surface area contributed by atoms with Crippen LogP contribution in [0.1, 0.15) is 30.4 Å². The van der Waals surface area contributed by atoms with Crippen molar-refractivity contribution in [3.63, 3.8) is 0 Å². The highest BCUT2D eigenvalue weighted by atomic mass is 16.5. The fourth-order valence-electron chi connectivity index (χ4n) is 3.33. The van der Waals surface area contributed by atoms with E-state index in [4.69, 9.17) is 4.74 Å². The van der Waals surface area contributed by atoms with E-state index in [1.807, 2.05) is 17.0 Å². The maximum absolute atomic E-state index is 12.2. The number of aryl methyl sites for hydroxylation is 1. The van der Waals surface area contributed by atoms with Crippen molar-refractivity contribution in [2.24, 2.45) is 0 Å². The van der Waals surface area contributed by atoms with Crippen molar-refractivity contribution in [2.75, 3.05) is 26.2 Å². The van der Waals surface area contributed by atoms with Crippen LogP contribution in [-0.4, -0.2) is 42.6 Å². The van der Waals surface area contributed by atoms with Crippen LogP contribution in [0.25, 0.3) is 0 Å². The fraction of sp³-hybridized carbons (Fsp3) is 0.588. The van der Waals surface area contributed by atoms with Crippen LogP contribution in [0.15, 0.2) is 24.3 Å². The van der Waals surface area contributed by atoms with Crippen LogP contribution in [0.2, 0.25) is 0 Å². The van der Waals surface area contributed by atoms with E-state index in [1.54, 1.807) is 0 Å². The van der Waals surface area contributed by atoms with Gasteiger partial charge in [0.25, 0.3) is 0 Å². The molecule has 1 amide bonds. The average molecular weight is 288 g/mol. The molecule has 0 saturated carbocycles. The molecule has 2 fully saturated rings. The number of rotatable bonds is 2. The second-order valence-corrected chi connectivity index (χ2v) is 6.25. The van der Waals surface area contributed by atoms with Gasteiger partial charge < -0.3 is 15.0 Å². The van der Waals surface area contributed by atoms with Crippen molar-refractivity contribution in [1.82, 2.24) is 10.2 Å². The first-order valence-electron chi connectivity index (χ1n) is 7.86. The first-order valence-corrected chi connectivity index (χ1v) is 7.86. The molecule has 114 valence electrons. The lowest BCUT2D eigenvalue weighted by Gasteiger charge is -2.42. The SMILES string of the molecule is Cc1ccccc1CN1CC2(CCCNCC2)OCC1=O. The number of morpholine rings is 1. The van der Waals surface area contributed by atoms with E-state index >= 15 is 0 Å². The Morgan fingerprint density at radius 2 is 2.14 bits per heavy atom. The molecule has 3 rings (SSSR count). The van der Waals surface area contributed by atoms with Crippen LogP contribution in [0.4, 0.5) is 0 Å². The quantitative estimate of drug-likeness (QED) is 0.903. The molecular weight excluding hydrogens is 264 g/mol. The molecule has 1 aromatic rings. The number of carbonyl (C=O) groups is 1. The summed E-state index contributed by atoms with van der Waals surface area (Å²) in [6.07, 6.45) is 3.15. The molecule has 0 radical (unpaired) electrons. The number of carbonyl (C=O) groups excluding carboxylic acids is 1. The number of hydrogen-bond donors (Lipinski definition) is 1. The van der Waals surface area contributed by atoms with Gasteiger partial charge in [0.05, 0.1) is 12.1 Å². The number of hydrogen-bond acceptors (Lipinski definition) is 3. The van der Waals surface area contributed by atoms with E-state index in [1.165, 1.54) is 11.1 Å². The van der Waals surface area contributed by atoms with E-state index < -0.39 is 0 Å². The predicted molar refractivity (Wildman–Crippen MR) is 82.0 cm³/mol. The van der Waals surface area contributed by atoms with Crippen LogP contribution in [0.5, 0.6) is 0 Å². The van der Waals surface area contributed by atoms with Crippen molar-refractivity contribution < 1.29 is 9.53 Å². The van der Waals surface area contributed by atoms with Crippen LogP contribution < -0.4 is 5.32 Å². The molecular formula is C17H24N2O2. The van der Waals surface area contributed by atoms with Crippen molar-refractivity contribution in [3.8, 4) is 0 Å². The maximum atomic E-state index is 12.2. The van der Waals surface area contributed by atoms with Crippen LogP contribution in [0, 0.1) is 6.92 Å². The van der Waals surface area contributed by atoms with E-state index in [0.717, 1.165) is 38.9 Å². The zero-order valence-corrected chi connectivity index (χ0v) is 12.7. The highest BCUT2D eigenvalue weighted by Gasteiger charge is 2.39. The number of amides is 1. The Bertz CT molecular complexity index is 507. The van der Waals surface area contributed by atoms with Gasteiger partial charge in [-0.25, -0.2) is 0 Å². The molecule has 0 aliphatic carbocycles. The highest BCUT2D eigenvalue weighted by Crippen LogP contribution is 2.29. The molecule has 2 heterocycles. The van der Waals surface area contributed by atoms with E-state index in [0.29, 0.717) is 6.54 Å². The summed E-state index contributed by atoms with van der Waals surface area (Å²) in [5, 5.41) is 3.42. The second-order valence-electron chi connectivity index (χ2n) is 6.25. The minimum Gasteiger partial charge on any atom is -0.363 e. The third-order valence-corrected chi connectivity index (χ3v) is 4.70. The Morgan fingerprint density at radius 1 is 1.29 bits per heavy atom. The number of ether oxygens (including phenoxy) is 1. The van der Waals surface area contributed by atoms with Crippen LogP contribution in [-0.2, 0) is 16.1 Å². The molecule has 0 bridgehead atoms. The van der Waals surface area contributed by atoms with Gasteiger partial charge in [0.2, 0.25) is 5.91 Å². The molecule has 21 heavy (non-hydrogen) atoms. The molecule has 4 heteroatoms. The average Bonchev–Trinajstić information content (AvgIpc) is 2.71. The summed E-state index contributed by atoms with van der Waals surface area (Å²) in [5.41, 5.74) is 2.34. The lowest BCUT2D eigenvalue weighted by Crippen LogP contribution is -2.54. The smallest absolute Gasteiger partial charge is 0.248 e. The topological polar surface area (TPSA) is 41.6 Å². The van der Waals surface area contributed by atoms with Gasteiger partial charge >= 0.3 is 0 Å². The fourth-order valence-corrected chi connectivity index (χ4v) is 3.33. The second kappa shape index (κ2) is 6.16. The van der Waals surface area contributed by atoms with Gasteiger partial charge in [-0.3, -0.25) is 4.79 Å². The summed E-state index contributed by atoms with van der Waals surface area (Å²) in [4.78, 5) is 14.2. The van der Waals surface area contributed by atoms with Crippen LogP contribution in [0.3, 0.4) is 0 Å². The summed E-state index contributed by atoms with van der Waals surface area (Å²) in [6, 6.07) is 8.29. The monoisotopic (exact) mass is 288 g/mol. The molecule has 1 spiro atoms. The van der Waals surface area contributed by atoms with E-state index in [-0.39, 0.29) is 18.1 Å². The lowest BCUT2D eigenvalue weighted by molar-refractivity contribution is -0.166. The third-order valence-electron chi connectivity index (χ3n) is 4.70. The molecule has 1 N–H and O–H groups in total. The minimum absolute atomic E-state index is 0.112. The lowest BCUT2D eigenvalue weighted by atomic mass is 9.92. The molecule has 1 aromatic carbocycles. The summed E-state index contributed by atoms with van der Waals surface area (Å²) >= 11 is 0. The van der Waals surface area contributed by atoms with Crippen molar-refractivity contribution in [3.05, 3.63) is 35.4 Å². The minimum atomic E-state index is -0.139. The molecule has 0 aromatic heterocycles. The van der Waals surface area contributed by atoms with Gasteiger partial charge in [-0.2, -0.15) is 0 Å². The van der Waals surface area contributed by atoms with Gasteiger partial charge in [-0.1, -0.05) is 24.3 Å². The molecule has 4 nitrogen and oxygen atoms in total. The van der Waals surface area contributed by atoms with Gasteiger partial charge in [-0.05, 0) is 50.4 Å². The standard InChI is InChI=1S/C17H24N2O2/c1-14-5-2-3-6-15(14)11-19-13-17(21-12-16(19)20)7-4-9-18-10-8-17/h2-3,5-6,18H,4,7-13H2,1H3. The van der Waals surface area contributed by atoms with Crippen molar-refractivity contribution in [1.29, 1.82) is 0 Å². The normalized spacial score (nSPS) is 26.9. The molecule has 2 aliphatic heterocycles. The van der Waals surface area contributed by atoms with Gasteiger partial charge in [0.1, 0.15) is 6.61 Å². The Labute approximate surface area is 126 Å². The number of benzene rings is 1. The molecule has 2 aliphatic rings. The summed E-state index contributed by atoms with van der Waals surface area (Å²) < 4.78 is 5.97. The number of nitrogens with zero attached hydrogens (tertiary/aromatic N) is 1. The molecule has 1 unspecified atom stereocenters. The van der Waals surface area contributed by atoms with Crippen molar-refractivity contribution >= 4 is 5.91 Å². The first kappa shape index (κ1) is 14.5. The van der Waals surface area contributed by atoms with Gasteiger partial charge in [-0.15, -0.1) is 0 Å². The van der Waals surface area contributed by atoms with Gasteiger partial charge in [0.15, 0.2) is 0 Å². The first-order chi connectivity index (χ1) is 10.2. The van der Waals surface area contributed by atoms with Crippen molar-refractivity contribution in [2.45, 2.75) is 38.3 Å². The van der Waals surface area contributed by atoms with Crippen LogP contribution >= 0.6 is 0 Å². The summed E-state index contributed by atoms with van der Waals surface area (Å²) in [6.45, 7) is 5.78. The highest BCUT2D eigenvalue weighted by molar-refractivity contribution is 5.78. The Balaban J connectivity index is 1.74. The third kappa shape index (κ3) is 3.27. The zero-order chi connectivity index (χ0) is 14.7. The maximum Gasteiger partial charge on any atom is 0.248 e. The Hall–Kier alpha value is -1.39. The Morgan fingerprint density at radius 3 is 3.00 bits per heavy atom. The molecule has 2 saturated heterocycles. The van der Waals surface area contributed by atoms with E-state index in [2.05, 4.69) is 24.4 Å². The van der Waals surface area contributed by atoms with Gasteiger partial charge in [0, 0.05) is 6.54 Å². The summed E-state index contributed by atoms with van der Waals surface area (Å²) in [7, 11) is 0. The predicted octanol–water partition coefficient (Wildman–Crippen LogP) is 1.87. The summed E-state index contributed by atoms with van der Waals surface area (Å²) in [5.74, 6) is 0.112.